The molecule has 1 heterocycles. The van der Waals surface area contributed by atoms with Gasteiger partial charge in [-0.2, -0.15) is 0 Å². The highest BCUT2D eigenvalue weighted by Crippen LogP contribution is 2.15. The van der Waals surface area contributed by atoms with Crippen molar-refractivity contribution in [2.24, 2.45) is 0 Å². The first kappa shape index (κ1) is 13.9. The molecule has 0 aromatic heterocycles. The predicted octanol–water partition coefficient (Wildman–Crippen LogP) is 1.76. The Bertz CT molecular complexity index is 473. The summed E-state index contributed by atoms with van der Waals surface area (Å²) in [6.45, 7) is 0.591. The van der Waals surface area contributed by atoms with Crippen LogP contribution in [0.1, 0.15) is 23.2 Å². The maximum Gasteiger partial charge on any atom is 0.251 e. The second kappa shape index (κ2) is 6.10. The van der Waals surface area contributed by atoms with E-state index < -0.39 is 0 Å². The van der Waals surface area contributed by atoms with Gasteiger partial charge in [0.25, 0.3) is 5.91 Å². The highest BCUT2D eigenvalue weighted by molar-refractivity contribution is 7.98. The van der Waals surface area contributed by atoms with Crippen LogP contribution in [0.5, 0.6) is 0 Å². The zero-order chi connectivity index (χ0) is 13.8. The summed E-state index contributed by atoms with van der Waals surface area (Å²) in [7, 11) is 1.77. The number of likely N-dealkylation sites (tertiary alicyclic amines) is 1. The van der Waals surface area contributed by atoms with Crippen molar-refractivity contribution in [2.75, 3.05) is 19.8 Å². The third-order valence-corrected chi connectivity index (χ3v) is 4.06. The Morgan fingerprint density at radius 1 is 1.37 bits per heavy atom. The van der Waals surface area contributed by atoms with Gasteiger partial charge in [-0.15, -0.1) is 11.8 Å². The van der Waals surface area contributed by atoms with Crippen molar-refractivity contribution in [2.45, 2.75) is 23.8 Å². The Balaban J connectivity index is 1.95. The molecule has 1 N–H and O–H groups in total. The average molecular weight is 278 g/mol. The number of likely N-dealkylation sites (N-methyl/N-ethyl adjacent to an activating group) is 1. The van der Waals surface area contributed by atoms with Crippen LogP contribution in [0.25, 0.3) is 0 Å². The number of rotatable bonds is 3. The molecule has 1 atom stereocenters. The van der Waals surface area contributed by atoms with Gasteiger partial charge >= 0.3 is 0 Å². The first-order valence-electron chi connectivity index (χ1n) is 6.29. The van der Waals surface area contributed by atoms with Crippen LogP contribution in [-0.2, 0) is 4.79 Å². The Morgan fingerprint density at radius 3 is 2.63 bits per heavy atom. The van der Waals surface area contributed by atoms with E-state index in [1.54, 1.807) is 23.7 Å². The molecule has 0 aliphatic carbocycles. The molecule has 1 aromatic carbocycles. The number of nitrogens with one attached hydrogen (secondary N) is 1. The molecule has 1 fully saturated rings. The number of nitrogens with zero attached hydrogens (tertiary/aromatic N) is 1. The van der Waals surface area contributed by atoms with E-state index in [0.717, 1.165) is 11.3 Å². The molecule has 0 radical (unpaired) electrons. The molecular weight excluding hydrogens is 260 g/mol. The number of thioether (sulfide) groups is 1. The number of hydrogen-bond donors (Lipinski definition) is 1. The maximum atomic E-state index is 12.1. The third kappa shape index (κ3) is 3.50. The van der Waals surface area contributed by atoms with E-state index in [-0.39, 0.29) is 17.9 Å². The molecule has 4 nitrogen and oxygen atoms in total. The summed E-state index contributed by atoms with van der Waals surface area (Å²) in [6, 6.07) is 7.60. The maximum absolute atomic E-state index is 12.1. The lowest BCUT2D eigenvalue weighted by Gasteiger charge is -2.30. The van der Waals surface area contributed by atoms with E-state index in [1.807, 2.05) is 30.5 Å². The fourth-order valence-electron chi connectivity index (χ4n) is 2.14. The molecule has 0 saturated carbocycles. The normalized spacial score (nSPS) is 19.4. The van der Waals surface area contributed by atoms with E-state index in [0.29, 0.717) is 18.5 Å². The van der Waals surface area contributed by atoms with Crippen molar-refractivity contribution < 1.29 is 9.59 Å². The molecule has 0 bridgehead atoms. The van der Waals surface area contributed by atoms with Crippen LogP contribution in [0.15, 0.2) is 29.2 Å². The van der Waals surface area contributed by atoms with Gasteiger partial charge in [0.1, 0.15) is 0 Å². The van der Waals surface area contributed by atoms with E-state index >= 15 is 0 Å². The van der Waals surface area contributed by atoms with Crippen molar-refractivity contribution in [3.05, 3.63) is 29.8 Å². The molecule has 0 spiro atoms. The van der Waals surface area contributed by atoms with Crippen LogP contribution in [0.4, 0.5) is 0 Å². The minimum absolute atomic E-state index is 0.0513. The molecule has 1 saturated heterocycles. The summed E-state index contributed by atoms with van der Waals surface area (Å²) >= 11 is 1.65. The quantitative estimate of drug-likeness (QED) is 0.857. The van der Waals surface area contributed by atoms with Crippen molar-refractivity contribution in [3.8, 4) is 0 Å². The summed E-state index contributed by atoms with van der Waals surface area (Å²) < 4.78 is 0. The lowest BCUT2D eigenvalue weighted by atomic mass is 10.1. The monoisotopic (exact) mass is 278 g/mol. The second-order valence-corrected chi connectivity index (χ2v) is 5.59. The topological polar surface area (TPSA) is 49.4 Å². The van der Waals surface area contributed by atoms with Gasteiger partial charge in [0.05, 0.1) is 0 Å². The Labute approximate surface area is 117 Å². The minimum Gasteiger partial charge on any atom is -0.348 e. The Kier molecular flexibility index (Phi) is 4.47. The Morgan fingerprint density at radius 2 is 2.05 bits per heavy atom. The standard InChI is InChI=1S/C14H18N2O2S/c1-16-9-11(5-8-13(16)17)15-14(18)10-3-6-12(19-2)7-4-10/h3-4,6-7,11H,5,8-9H2,1-2H3,(H,15,18)/t11-/m1/s1. The van der Waals surface area contributed by atoms with Crippen LogP contribution < -0.4 is 5.32 Å². The average Bonchev–Trinajstić information content (AvgIpc) is 2.43. The molecular formula is C14H18N2O2S. The number of carbonyl (C=O) groups is 2. The van der Waals surface area contributed by atoms with Gasteiger partial charge in [-0.05, 0) is 36.9 Å². The molecule has 1 aromatic rings. The van der Waals surface area contributed by atoms with E-state index in [1.165, 1.54) is 0 Å². The summed E-state index contributed by atoms with van der Waals surface area (Å²) in [6.07, 6.45) is 3.23. The number of amides is 2. The predicted molar refractivity (Wildman–Crippen MR) is 76.3 cm³/mol. The first-order valence-corrected chi connectivity index (χ1v) is 7.51. The summed E-state index contributed by atoms with van der Waals surface area (Å²) in [5, 5.41) is 2.98. The summed E-state index contributed by atoms with van der Waals surface area (Å²) in [4.78, 5) is 26.3. The van der Waals surface area contributed by atoms with Crippen molar-refractivity contribution >= 4 is 23.6 Å². The van der Waals surface area contributed by atoms with E-state index in [2.05, 4.69) is 5.32 Å². The number of benzene rings is 1. The number of piperidine rings is 1. The largest absolute Gasteiger partial charge is 0.348 e. The summed E-state index contributed by atoms with van der Waals surface area (Å²) in [5.41, 5.74) is 0.664. The molecule has 1 aliphatic heterocycles. The molecule has 1 aliphatic rings. The smallest absolute Gasteiger partial charge is 0.251 e. The third-order valence-electron chi connectivity index (χ3n) is 3.31. The first-order chi connectivity index (χ1) is 9.10. The van der Waals surface area contributed by atoms with Crippen LogP contribution in [0, 0.1) is 0 Å². The zero-order valence-corrected chi connectivity index (χ0v) is 12.0. The van der Waals surface area contributed by atoms with Crippen LogP contribution >= 0.6 is 11.8 Å². The highest BCUT2D eigenvalue weighted by Gasteiger charge is 2.24. The van der Waals surface area contributed by atoms with Gasteiger partial charge in [0, 0.05) is 36.5 Å². The lowest BCUT2D eigenvalue weighted by molar-refractivity contribution is -0.132. The minimum atomic E-state index is -0.0691. The molecule has 2 rings (SSSR count). The lowest BCUT2D eigenvalue weighted by Crippen LogP contribution is -2.48. The van der Waals surface area contributed by atoms with Gasteiger partial charge in [0.2, 0.25) is 5.91 Å². The number of carbonyl (C=O) groups excluding carboxylic acids is 2. The fraction of sp³-hybridized carbons (Fsp3) is 0.429. The van der Waals surface area contributed by atoms with Crippen molar-refractivity contribution in [1.82, 2.24) is 10.2 Å². The van der Waals surface area contributed by atoms with Crippen LogP contribution in [0.2, 0.25) is 0 Å². The van der Waals surface area contributed by atoms with Gasteiger partial charge < -0.3 is 10.2 Å². The fourth-order valence-corrected chi connectivity index (χ4v) is 2.55. The molecule has 0 unspecified atom stereocenters. The number of hydrogen-bond acceptors (Lipinski definition) is 3. The molecule has 5 heteroatoms. The van der Waals surface area contributed by atoms with Crippen molar-refractivity contribution in [3.63, 3.8) is 0 Å². The van der Waals surface area contributed by atoms with Gasteiger partial charge in [-0.1, -0.05) is 0 Å². The summed E-state index contributed by atoms with van der Waals surface area (Å²) in [5.74, 6) is 0.0789. The molecule has 2 amide bonds. The van der Waals surface area contributed by atoms with E-state index in [4.69, 9.17) is 0 Å². The van der Waals surface area contributed by atoms with Crippen LogP contribution in [-0.4, -0.2) is 42.6 Å². The van der Waals surface area contributed by atoms with Gasteiger partial charge in [0.15, 0.2) is 0 Å². The highest BCUT2D eigenvalue weighted by atomic mass is 32.2. The van der Waals surface area contributed by atoms with E-state index in [9.17, 15) is 9.59 Å². The molecule has 19 heavy (non-hydrogen) atoms. The molecule has 102 valence electrons. The van der Waals surface area contributed by atoms with Crippen LogP contribution in [0.3, 0.4) is 0 Å². The van der Waals surface area contributed by atoms with Gasteiger partial charge in [-0.3, -0.25) is 9.59 Å². The van der Waals surface area contributed by atoms with Gasteiger partial charge in [-0.25, -0.2) is 0 Å². The zero-order valence-electron chi connectivity index (χ0n) is 11.2. The SMILES string of the molecule is CSc1ccc(C(=O)N[C@@H]2CCC(=O)N(C)C2)cc1. The second-order valence-electron chi connectivity index (χ2n) is 4.71. The van der Waals surface area contributed by atoms with Crippen molar-refractivity contribution in [1.29, 1.82) is 0 Å². The Hall–Kier alpha value is -1.49.